The third kappa shape index (κ3) is 5.78. The third-order valence-corrected chi connectivity index (χ3v) is 6.64. The molecule has 4 nitrogen and oxygen atoms in total. The molecular formula is C28H23F3O4S. The van der Waals surface area contributed by atoms with Gasteiger partial charge in [0, 0.05) is 0 Å². The molecule has 0 amide bonds. The Kier molecular flexibility index (Phi) is 7.19. The Morgan fingerprint density at radius 1 is 0.722 bits per heavy atom. The van der Waals surface area contributed by atoms with Crippen molar-refractivity contribution in [1.29, 1.82) is 0 Å². The molecule has 0 fully saturated rings. The minimum Gasteiger partial charge on any atom is -0.508 e. The number of benzene rings is 4. The monoisotopic (exact) mass is 512 g/mol. The zero-order chi connectivity index (χ0) is 25.9. The number of alkyl halides is 3. The molecule has 0 spiro atoms. The van der Waals surface area contributed by atoms with Gasteiger partial charge in [0.2, 0.25) is 0 Å². The summed E-state index contributed by atoms with van der Waals surface area (Å²) < 4.78 is 57.5. The predicted octanol–water partition coefficient (Wildman–Crippen LogP) is 6.54. The fraction of sp³-hybridized carbons (Fsp3) is 0.143. The lowest BCUT2D eigenvalue weighted by Crippen LogP contribution is -2.21. The fourth-order valence-electron chi connectivity index (χ4n) is 4.34. The molecule has 5 rings (SSSR count). The van der Waals surface area contributed by atoms with Crippen molar-refractivity contribution in [2.45, 2.75) is 24.8 Å². The SMILES string of the molecule is O=S(=O)(O)C(F)(F)F.Oc1ccc(Cc2c(Cc3ccccc3)ccc3c2Cc2ccccc2-3)cc1. The van der Waals surface area contributed by atoms with Crippen molar-refractivity contribution in [1.82, 2.24) is 0 Å². The second-order valence-corrected chi connectivity index (χ2v) is 9.90. The van der Waals surface area contributed by atoms with Gasteiger partial charge in [0.1, 0.15) is 5.75 Å². The minimum atomic E-state index is -5.84. The van der Waals surface area contributed by atoms with E-state index in [4.69, 9.17) is 13.0 Å². The molecule has 1 aliphatic rings. The van der Waals surface area contributed by atoms with Gasteiger partial charge < -0.3 is 5.11 Å². The summed E-state index contributed by atoms with van der Waals surface area (Å²) in [6, 6.07) is 31.7. The summed E-state index contributed by atoms with van der Waals surface area (Å²) in [7, 11) is -5.84. The van der Waals surface area contributed by atoms with Gasteiger partial charge in [-0.05, 0) is 75.9 Å². The molecule has 4 aromatic carbocycles. The first kappa shape index (κ1) is 25.5. The Hall–Kier alpha value is -3.62. The zero-order valence-corrected chi connectivity index (χ0v) is 19.9. The van der Waals surface area contributed by atoms with Crippen LogP contribution in [0.15, 0.2) is 91.0 Å². The largest absolute Gasteiger partial charge is 0.522 e. The van der Waals surface area contributed by atoms with Crippen LogP contribution in [-0.4, -0.2) is 23.6 Å². The number of aromatic hydroxyl groups is 1. The number of hydrogen-bond acceptors (Lipinski definition) is 3. The van der Waals surface area contributed by atoms with Gasteiger partial charge in [-0.25, -0.2) is 0 Å². The van der Waals surface area contributed by atoms with E-state index in [9.17, 15) is 18.3 Å². The number of phenolic OH excluding ortho intramolecular Hbond substituents is 1. The molecule has 0 saturated carbocycles. The summed E-state index contributed by atoms with van der Waals surface area (Å²) in [5, 5.41) is 9.65. The molecule has 2 N–H and O–H groups in total. The van der Waals surface area contributed by atoms with E-state index in [1.807, 2.05) is 12.1 Å². The van der Waals surface area contributed by atoms with E-state index in [0.717, 1.165) is 19.3 Å². The predicted molar refractivity (Wildman–Crippen MR) is 132 cm³/mol. The summed E-state index contributed by atoms with van der Waals surface area (Å²) in [4.78, 5) is 0. The van der Waals surface area contributed by atoms with E-state index in [0.29, 0.717) is 5.75 Å². The lowest BCUT2D eigenvalue weighted by molar-refractivity contribution is -0.0510. The molecule has 4 aromatic rings. The highest BCUT2D eigenvalue weighted by Crippen LogP contribution is 2.40. The van der Waals surface area contributed by atoms with Crippen LogP contribution in [0.2, 0.25) is 0 Å². The van der Waals surface area contributed by atoms with Gasteiger partial charge in [0.25, 0.3) is 0 Å². The van der Waals surface area contributed by atoms with Crippen LogP contribution >= 0.6 is 0 Å². The smallest absolute Gasteiger partial charge is 0.508 e. The van der Waals surface area contributed by atoms with Crippen LogP contribution in [0, 0.1) is 0 Å². The van der Waals surface area contributed by atoms with Gasteiger partial charge >= 0.3 is 15.6 Å². The van der Waals surface area contributed by atoms with Crippen molar-refractivity contribution in [2.24, 2.45) is 0 Å². The van der Waals surface area contributed by atoms with Crippen molar-refractivity contribution in [3.63, 3.8) is 0 Å². The molecule has 36 heavy (non-hydrogen) atoms. The van der Waals surface area contributed by atoms with Gasteiger partial charge in [-0.1, -0.05) is 78.9 Å². The highest BCUT2D eigenvalue weighted by Gasteiger charge is 2.44. The van der Waals surface area contributed by atoms with E-state index in [1.165, 1.54) is 44.5 Å². The molecule has 0 heterocycles. The van der Waals surface area contributed by atoms with Crippen LogP contribution in [0.25, 0.3) is 11.1 Å². The van der Waals surface area contributed by atoms with Crippen molar-refractivity contribution in [3.05, 3.63) is 124 Å². The standard InChI is InChI=1S/C27H22O.CHF3O3S/c28-23-13-10-20(11-14-23)17-26-22(16-19-6-2-1-3-7-19)12-15-25-24-9-5-4-8-21(24)18-27(25)26;2-1(3,4)8(5,6)7/h1-15,28H,16-18H2;(H,5,6,7). The molecule has 0 saturated heterocycles. The zero-order valence-electron chi connectivity index (χ0n) is 19.0. The Bertz CT molecular complexity index is 1460. The van der Waals surface area contributed by atoms with Crippen molar-refractivity contribution < 1.29 is 31.2 Å². The van der Waals surface area contributed by atoms with E-state index < -0.39 is 15.6 Å². The number of halogens is 3. The van der Waals surface area contributed by atoms with Crippen LogP contribution in [0.1, 0.15) is 33.4 Å². The molecular weight excluding hydrogens is 489 g/mol. The Labute approximate surface area is 207 Å². The Morgan fingerprint density at radius 3 is 1.94 bits per heavy atom. The average molecular weight is 513 g/mol. The van der Waals surface area contributed by atoms with Crippen LogP contribution < -0.4 is 0 Å². The minimum absolute atomic E-state index is 0.318. The highest BCUT2D eigenvalue weighted by molar-refractivity contribution is 7.86. The van der Waals surface area contributed by atoms with Crippen LogP contribution in [0.3, 0.4) is 0 Å². The summed E-state index contributed by atoms with van der Waals surface area (Å²) in [5.41, 5.74) is 5.49. The molecule has 0 aromatic heterocycles. The maximum Gasteiger partial charge on any atom is 0.522 e. The molecule has 1 aliphatic carbocycles. The number of rotatable bonds is 4. The quantitative estimate of drug-likeness (QED) is 0.212. The van der Waals surface area contributed by atoms with Gasteiger partial charge in [-0.2, -0.15) is 21.6 Å². The second-order valence-electron chi connectivity index (χ2n) is 8.49. The molecule has 0 aliphatic heterocycles. The summed E-state index contributed by atoms with van der Waals surface area (Å²) in [5.74, 6) is 0.318. The maximum absolute atomic E-state index is 10.7. The lowest BCUT2D eigenvalue weighted by Gasteiger charge is -2.16. The van der Waals surface area contributed by atoms with Gasteiger partial charge in [0.05, 0.1) is 0 Å². The van der Waals surface area contributed by atoms with Crippen molar-refractivity contribution >= 4 is 10.1 Å². The van der Waals surface area contributed by atoms with E-state index in [-0.39, 0.29) is 0 Å². The normalized spacial score (nSPS) is 12.3. The second kappa shape index (κ2) is 10.2. The van der Waals surface area contributed by atoms with E-state index in [2.05, 4.69) is 66.7 Å². The lowest BCUT2D eigenvalue weighted by atomic mass is 9.89. The first-order valence-electron chi connectivity index (χ1n) is 11.1. The first-order chi connectivity index (χ1) is 17.0. The molecule has 0 atom stereocenters. The third-order valence-electron chi connectivity index (χ3n) is 6.05. The van der Waals surface area contributed by atoms with E-state index >= 15 is 0 Å². The number of fused-ring (bicyclic) bond motifs is 3. The maximum atomic E-state index is 10.7. The first-order valence-corrected chi connectivity index (χ1v) is 12.5. The van der Waals surface area contributed by atoms with E-state index in [1.54, 1.807) is 12.1 Å². The number of phenols is 1. The fourth-order valence-corrected chi connectivity index (χ4v) is 4.34. The summed E-state index contributed by atoms with van der Waals surface area (Å²) in [6.07, 6.45) is 2.83. The average Bonchev–Trinajstić information content (AvgIpc) is 3.21. The molecule has 0 radical (unpaired) electrons. The Balaban J connectivity index is 0.000000331. The molecule has 186 valence electrons. The Morgan fingerprint density at radius 2 is 1.31 bits per heavy atom. The van der Waals surface area contributed by atoms with Crippen molar-refractivity contribution in [3.8, 4) is 16.9 Å². The van der Waals surface area contributed by atoms with Gasteiger partial charge in [-0.15, -0.1) is 0 Å². The van der Waals surface area contributed by atoms with Gasteiger partial charge in [-0.3, -0.25) is 4.55 Å². The van der Waals surface area contributed by atoms with Crippen molar-refractivity contribution in [2.75, 3.05) is 0 Å². The topological polar surface area (TPSA) is 74.6 Å². The molecule has 0 unspecified atom stereocenters. The van der Waals surface area contributed by atoms with Crippen LogP contribution in [0.4, 0.5) is 13.2 Å². The number of hydrogen-bond donors (Lipinski definition) is 2. The highest BCUT2D eigenvalue weighted by atomic mass is 32.2. The van der Waals surface area contributed by atoms with Crippen LogP contribution in [-0.2, 0) is 29.4 Å². The molecule has 0 bridgehead atoms. The molecule has 8 heteroatoms. The summed E-state index contributed by atoms with van der Waals surface area (Å²) >= 11 is 0. The van der Waals surface area contributed by atoms with Gasteiger partial charge in [0.15, 0.2) is 0 Å². The summed E-state index contributed by atoms with van der Waals surface area (Å²) in [6.45, 7) is 0. The van der Waals surface area contributed by atoms with Crippen LogP contribution in [0.5, 0.6) is 5.75 Å².